The Morgan fingerprint density at radius 3 is 2.53 bits per heavy atom. The van der Waals surface area contributed by atoms with Crippen molar-refractivity contribution in [3.63, 3.8) is 0 Å². The van der Waals surface area contributed by atoms with E-state index in [4.69, 9.17) is 0 Å². The zero-order valence-electron chi connectivity index (χ0n) is 11.8. The largest absolute Gasteiger partial charge is 0.353 e. The molecule has 0 rings (SSSR count). The molecule has 0 aliphatic rings. The van der Waals surface area contributed by atoms with E-state index >= 15 is 0 Å². The van der Waals surface area contributed by atoms with Gasteiger partial charge in [0.15, 0.2) is 0 Å². The predicted molar refractivity (Wildman–Crippen MR) is 75.0 cm³/mol. The monoisotopic (exact) mass is 239 g/mol. The molecule has 0 spiro atoms. The molecule has 1 N–H and O–H groups in total. The highest BCUT2D eigenvalue weighted by Crippen LogP contribution is 2.05. The van der Waals surface area contributed by atoms with Gasteiger partial charge in [-0.25, -0.2) is 0 Å². The zero-order valence-corrected chi connectivity index (χ0v) is 11.8. The second kappa shape index (κ2) is 11.7. The fourth-order valence-electron chi connectivity index (χ4n) is 1.60. The first-order chi connectivity index (χ1) is 8.16. The van der Waals surface area contributed by atoms with Gasteiger partial charge in [0.05, 0.1) is 0 Å². The van der Waals surface area contributed by atoms with Gasteiger partial charge in [-0.1, -0.05) is 52.5 Å². The molecule has 17 heavy (non-hydrogen) atoms. The van der Waals surface area contributed by atoms with Gasteiger partial charge in [0.1, 0.15) is 0 Å². The van der Waals surface area contributed by atoms with E-state index in [9.17, 15) is 4.79 Å². The van der Waals surface area contributed by atoms with Crippen LogP contribution < -0.4 is 5.32 Å². The van der Waals surface area contributed by atoms with Crippen LogP contribution in [0.25, 0.3) is 0 Å². The van der Waals surface area contributed by atoms with Gasteiger partial charge in [0, 0.05) is 6.54 Å². The molecule has 0 bridgehead atoms. The molecule has 100 valence electrons. The van der Waals surface area contributed by atoms with Crippen molar-refractivity contribution in [1.29, 1.82) is 0 Å². The number of rotatable bonds is 10. The first-order valence-electron chi connectivity index (χ1n) is 7.11. The molecule has 0 saturated carbocycles. The summed E-state index contributed by atoms with van der Waals surface area (Å²) in [5.74, 6) is 0.706. The smallest absolute Gasteiger partial charge is 0.243 e. The molecule has 0 aromatic carbocycles. The molecule has 1 amide bonds. The molecule has 0 aliphatic heterocycles. The van der Waals surface area contributed by atoms with Gasteiger partial charge in [-0.05, 0) is 31.3 Å². The highest BCUT2D eigenvalue weighted by atomic mass is 16.1. The Labute approximate surface area is 107 Å². The molecule has 2 nitrogen and oxygen atoms in total. The number of amides is 1. The maximum atomic E-state index is 11.4. The topological polar surface area (TPSA) is 29.1 Å². The predicted octanol–water partition coefficient (Wildman–Crippen LogP) is 4.07. The molecule has 0 aliphatic carbocycles. The third-order valence-corrected chi connectivity index (χ3v) is 2.76. The van der Waals surface area contributed by atoms with Gasteiger partial charge >= 0.3 is 0 Å². The van der Waals surface area contributed by atoms with Crippen LogP contribution in [0.3, 0.4) is 0 Å². The van der Waals surface area contributed by atoms with Gasteiger partial charge in [-0.15, -0.1) is 0 Å². The molecule has 0 radical (unpaired) electrons. The standard InChI is InChI=1S/C15H29NO/c1-4-5-6-7-8-9-10-11-15(17)16-13-12-14(2)3/h10-11,14H,4-9,12-13H2,1-3H3,(H,16,17). The van der Waals surface area contributed by atoms with Gasteiger partial charge in [-0.3, -0.25) is 4.79 Å². The fourth-order valence-corrected chi connectivity index (χ4v) is 1.60. The Balaban J connectivity index is 3.34. The van der Waals surface area contributed by atoms with E-state index in [-0.39, 0.29) is 5.91 Å². The molecule has 0 unspecified atom stereocenters. The average molecular weight is 239 g/mol. The van der Waals surface area contributed by atoms with Crippen LogP contribution in [0, 0.1) is 5.92 Å². The zero-order chi connectivity index (χ0) is 12.9. The minimum atomic E-state index is 0.0548. The van der Waals surface area contributed by atoms with Crippen LogP contribution in [0.1, 0.15) is 65.7 Å². The second-order valence-electron chi connectivity index (χ2n) is 5.08. The van der Waals surface area contributed by atoms with Crippen molar-refractivity contribution in [2.75, 3.05) is 6.54 Å². The van der Waals surface area contributed by atoms with Crippen molar-refractivity contribution in [3.8, 4) is 0 Å². The van der Waals surface area contributed by atoms with Crippen molar-refractivity contribution in [2.45, 2.75) is 65.7 Å². The third kappa shape index (κ3) is 13.1. The van der Waals surface area contributed by atoms with E-state index in [0.29, 0.717) is 5.92 Å². The second-order valence-corrected chi connectivity index (χ2v) is 5.08. The molecule has 2 heteroatoms. The van der Waals surface area contributed by atoms with Crippen LogP contribution >= 0.6 is 0 Å². The van der Waals surface area contributed by atoms with Crippen molar-refractivity contribution in [3.05, 3.63) is 12.2 Å². The molecular weight excluding hydrogens is 210 g/mol. The van der Waals surface area contributed by atoms with Crippen LogP contribution in [0.4, 0.5) is 0 Å². The number of carbonyl (C=O) groups is 1. The Morgan fingerprint density at radius 1 is 1.18 bits per heavy atom. The van der Waals surface area contributed by atoms with E-state index in [2.05, 4.69) is 26.1 Å². The Hall–Kier alpha value is -0.790. The van der Waals surface area contributed by atoms with Gasteiger partial charge in [0.25, 0.3) is 0 Å². The number of hydrogen-bond acceptors (Lipinski definition) is 1. The Kier molecular flexibility index (Phi) is 11.1. The van der Waals surface area contributed by atoms with Crippen LogP contribution in [0.5, 0.6) is 0 Å². The van der Waals surface area contributed by atoms with Crippen LogP contribution in [0.15, 0.2) is 12.2 Å². The lowest BCUT2D eigenvalue weighted by Crippen LogP contribution is -2.23. The Bertz CT molecular complexity index is 209. The fraction of sp³-hybridized carbons (Fsp3) is 0.800. The van der Waals surface area contributed by atoms with Crippen molar-refractivity contribution < 1.29 is 4.79 Å². The maximum absolute atomic E-state index is 11.4. The molecule has 0 aromatic heterocycles. The molecule has 0 aromatic rings. The van der Waals surface area contributed by atoms with Gasteiger partial charge in [-0.2, -0.15) is 0 Å². The minimum Gasteiger partial charge on any atom is -0.353 e. The van der Waals surface area contributed by atoms with E-state index in [1.165, 1.54) is 32.1 Å². The first kappa shape index (κ1) is 16.2. The summed E-state index contributed by atoms with van der Waals surface area (Å²) in [4.78, 5) is 11.4. The van der Waals surface area contributed by atoms with E-state index in [1.54, 1.807) is 6.08 Å². The van der Waals surface area contributed by atoms with E-state index in [0.717, 1.165) is 19.4 Å². The summed E-state index contributed by atoms with van der Waals surface area (Å²) in [6, 6.07) is 0. The summed E-state index contributed by atoms with van der Waals surface area (Å²) < 4.78 is 0. The maximum Gasteiger partial charge on any atom is 0.243 e. The summed E-state index contributed by atoms with van der Waals surface area (Å²) >= 11 is 0. The number of unbranched alkanes of at least 4 members (excludes halogenated alkanes) is 5. The Morgan fingerprint density at radius 2 is 1.88 bits per heavy atom. The quantitative estimate of drug-likeness (QED) is 0.452. The third-order valence-electron chi connectivity index (χ3n) is 2.76. The number of allylic oxidation sites excluding steroid dienone is 1. The highest BCUT2D eigenvalue weighted by Gasteiger charge is 1.96. The highest BCUT2D eigenvalue weighted by molar-refractivity contribution is 5.87. The van der Waals surface area contributed by atoms with E-state index < -0.39 is 0 Å². The summed E-state index contributed by atoms with van der Waals surface area (Å²) in [6.45, 7) is 7.34. The molecule has 0 saturated heterocycles. The van der Waals surface area contributed by atoms with Crippen LogP contribution in [0.2, 0.25) is 0 Å². The first-order valence-corrected chi connectivity index (χ1v) is 7.11. The SMILES string of the molecule is CCCCCCCC=CC(=O)NCCC(C)C. The van der Waals surface area contributed by atoms with Crippen LogP contribution in [-0.4, -0.2) is 12.5 Å². The summed E-state index contributed by atoms with van der Waals surface area (Å²) in [5, 5.41) is 2.90. The summed E-state index contributed by atoms with van der Waals surface area (Å²) in [7, 11) is 0. The van der Waals surface area contributed by atoms with Crippen molar-refractivity contribution >= 4 is 5.91 Å². The molecular formula is C15H29NO. The molecule has 0 atom stereocenters. The normalized spacial score (nSPS) is 11.3. The van der Waals surface area contributed by atoms with Crippen molar-refractivity contribution in [1.82, 2.24) is 5.32 Å². The molecule has 0 heterocycles. The lowest BCUT2D eigenvalue weighted by atomic mass is 10.1. The van der Waals surface area contributed by atoms with Crippen LogP contribution in [-0.2, 0) is 4.79 Å². The number of carbonyl (C=O) groups excluding carboxylic acids is 1. The summed E-state index contributed by atoms with van der Waals surface area (Å²) in [5.41, 5.74) is 0. The minimum absolute atomic E-state index is 0.0548. The number of nitrogens with one attached hydrogen (secondary N) is 1. The lowest BCUT2D eigenvalue weighted by molar-refractivity contribution is -0.116. The van der Waals surface area contributed by atoms with Gasteiger partial charge in [0.2, 0.25) is 5.91 Å². The summed E-state index contributed by atoms with van der Waals surface area (Å²) in [6.07, 6.45) is 12.2. The van der Waals surface area contributed by atoms with E-state index in [1.807, 2.05) is 6.08 Å². The number of hydrogen-bond donors (Lipinski definition) is 1. The lowest BCUT2D eigenvalue weighted by Gasteiger charge is -2.04. The molecule has 0 fully saturated rings. The van der Waals surface area contributed by atoms with Gasteiger partial charge < -0.3 is 5.32 Å². The van der Waals surface area contributed by atoms with Crippen molar-refractivity contribution in [2.24, 2.45) is 5.92 Å². The average Bonchev–Trinajstić information content (AvgIpc) is 2.27.